The van der Waals surface area contributed by atoms with Gasteiger partial charge in [0.1, 0.15) is 0 Å². The van der Waals surface area contributed by atoms with E-state index in [1.807, 2.05) is 0 Å². The summed E-state index contributed by atoms with van der Waals surface area (Å²) in [5.41, 5.74) is 0. The first-order valence-electron chi connectivity index (χ1n) is 5.19. The molecule has 2 heterocycles. The lowest BCUT2D eigenvalue weighted by molar-refractivity contribution is 0.350. The number of fused-ring (bicyclic) bond motifs is 1. The van der Waals surface area contributed by atoms with Crippen LogP contribution in [0.2, 0.25) is 0 Å². The normalized spacial score (nSPS) is 35.0. The molecule has 4 nitrogen and oxygen atoms in total. The lowest BCUT2D eigenvalue weighted by Gasteiger charge is -2.17. The molecule has 14 heavy (non-hydrogen) atoms. The Kier molecular flexibility index (Phi) is 2.57. The highest BCUT2D eigenvalue weighted by Crippen LogP contribution is 2.31. The first-order chi connectivity index (χ1) is 6.53. The summed E-state index contributed by atoms with van der Waals surface area (Å²) < 4.78 is 24.9. The van der Waals surface area contributed by atoms with E-state index < -0.39 is 10.0 Å². The maximum absolute atomic E-state index is 11.6. The van der Waals surface area contributed by atoms with Gasteiger partial charge in [-0.15, -0.1) is 0 Å². The molecule has 82 valence electrons. The van der Waals surface area contributed by atoms with E-state index in [-0.39, 0.29) is 5.75 Å². The van der Waals surface area contributed by atoms with E-state index in [2.05, 4.69) is 11.9 Å². The Labute approximate surface area is 85.9 Å². The Balaban J connectivity index is 2.04. The van der Waals surface area contributed by atoms with Crippen LogP contribution in [0.1, 0.15) is 6.92 Å². The fourth-order valence-electron chi connectivity index (χ4n) is 2.59. The van der Waals surface area contributed by atoms with E-state index in [1.54, 1.807) is 11.2 Å². The predicted octanol–water partition coefficient (Wildman–Crippen LogP) is -0.170. The Morgan fingerprint density at radius 2 is 1.64 bits per heavy atom. The molecule has 0 N–H and O–H groups in total. The topological polar surface area (TPSA) is 40.6 Å². The van der Waals surface area contributed by atoms with Gasteiger partial charge >= 0.3 is 0 Å². The first-order valence-corrected chi connectivity index (χ1v) is 6.80. The van der Waals surface area contributed by atoms with Gasteiger partial charge in [0.15, 0.2) is 0 Å². The molecule has 2 aliphatic heterocycles. The fraction of sp³-hybridized carbons (Fsp3) is 1.00. The van der Waals surface area contributed by atoms with Crippen molar-refractivity contribution in [1.82, 2.24) is 9.21 Å². The molecule has 0 aromatic heterocycles. The van der Waals surface area contributed by atoms with Gasteiger partial charge in [0.25, 0.3) is 0 Å². The summed E-state index contributed by atoms with van der Waals surface area (Å²) in [4.78, 5) is 2.30. The van der Waals surface area contributed by atoms with Crippen molar-refractivity contribution >= 4 is 10.0 Å². The van der Waals surface area contributed by atoms with Gasteiger partial charge < -0.3 is 4.90 Å². The Hall–Kier alpha value is -0.130. The molecule has 0 saturated carbocycles. The zero-order chi connectivity index (χ0) is 10.3. The molecule has 0 aliphatic carbocycles. The lowest BCUT2D eigenvalue weighted by atomic mass is 10.0. The zero-order valence-corrected chi connectivity index (χ0v) is 9.63. The van der Waals surface area contributed by atoms with Crippen molar-refractivity contribution in [2.75, 3.05) is 39.0 Å². The molecule has 2 rings (SSSR count). The van der Waals surface area contributed by atoms with Crippen molar-refractivity contribution in [2.45, 2.75) is 6.92 Å². The van der Waals surface area contributed by atoms with Crippen LogP contribution in [-0.4, -0.2) is 56.6 Å². The maximum atomic E-state index is 11.6. The van der Waals surface area contributed by atoms with Crippen molar-refractivity contribution < 1.29 is 8.42 Å². The Morgan fingerprint density at radius 3 is 2.07 bits per heavy atom. The number of nitrogens with zero attached hydrogens (tertiary/aromatic N) is 2. The third-order valence-corrected chi connectivity index (χ3v) is 5.21. The van der Waals surface area contributed by atoms with Crippen LogP contribution in [0.5, 0.6) is 0 Å². The second-order valence-corrected chi connectivity index (χ2v) is 6.72. The molecule has 2 saturated heterocycles. The molecule has 0 aromatic carbocycles. The number of hydrogen-bond donors (Lipinski definition) is 0. The van der Waals surface area contributed by atoms with Crippen LogP contribution in [0.25, 0.3) is 0 Å². The molecule has 5 heteroatoms. The minimum absolute atomic E-state index is 0.238. The average molecular weight is 218 g/mol. The zero-order valence-electron chi connectivity index (χ0n) is 8.81. The second-order valence-electron chi connectivity index (χ2n) is 4.46. The van der Waals surface area contributed by atoms with Gasteiger partial charge in [0.05, 0.1) is 5.75 Å². The highest BCUT2D eigenvalue weighted by Gasteiger charge is 2.42. The van der Waals surface area contributed by atoms with Crippen molar-refractivity contribution in [1.29, 1.82) is 0 Å². The summed E-state index contributed by atoms with van der Waals surface area (Å²) in [6.07, 6.45) is 0. The first kappa shape index (κ1) is 10.4. The minimum atomic E-state index is -2.94. The van der Waals surface area contributed by atoms with Crippen LogP contribution in [-0.2, 0) is 10.0 Å². The number of likely N-dealkylation sites (tertiary alicyclic amines) is 1. The molecule has 0 radical (unpaired) electrons. The molecule has 0 amide bonds. The van der Waals surface area contributed by atoms with Crippen LogP contribution in [0.4, 0.5) is 0 Å². The van der Waals surface area contributed by atoms with Crippen LogP contribution in [0.15, 0.2) is 0 Å². The van der Waals surface area contributed by atoms with Gasteiger partial charge in [0, 0.05) is 26.2 Å². The summed E-state index contributed by atoms with van der Waals surface area (Å²) >= 11 is 0. The van der Waals surface area contributed by atoms with E-state index in [0.29, 0.717) is 11.8 Å². The largest absolute Gasteiger partial charge is 0.306 e. The third kappa shape index (κ3) is 1.68. The van der Waals surface area contributed by atoms with Gasteiger partial charge in [-0.3, -0.25) is 0 Å². The van der Waals surface area contributed by atoms with E-state index in [9.17, 15) is 8.42 Å². The monoisotopic (exact) mass is 218 g/mol. The lowest BCUT2D eigenvalue weighted by Crippen LogP contribution is -2.33. The summed E-state index contributed by atoms with van der Waals surface area (Å²) in [6, 6.07) is 0. The molecule has 0 spiro atoms. The second kappa shape index (κ2) is 3.47. The van der Waals surface area contributed by atoms with Gasteiger partial charge in [-0.2, -0.15) is 0 Å². The van der Waals surface area contributed by atoms with Crippen molar-refractivity contribution in [3.05, 3.63) is 0 Å². The smallest absolute Gasteiger partial charge is 0.213 e. The standard InChI is InChI=1S/C9H18N2O2S/c1-3-14(12,13)11-6-8-4-10(2)5-9(8)7-11/h8-9H,3-7H2,1-2H3. The quantitative estimate of drug-likeness (QED) is 0.646. The minimum Gasteiger partial charge on any atom is -0.306 e. The van der Waals surface area contributed by atoms with Crippen LogP contribution in [0.3, 0.4) is 0 Å². The van der Waals surface area contributed by atoms with E-state index in [1.165, 1.54) is 0 Å². The van der Waals surface area contributed by atoms with E-state index in [0.717, 1.165) is 26.2 Å². The molecule has 2 atom stereocenters. The molecule has 2 fully saturated rings. The predicted molar refractivity (Wildman–Crippen MR) is 55.5 cm³/mol. The van der Waals surface area contributed by atoms with E-state index in [4.69, 9.17) is 0 Å². The van der Waals surface area contributed by atoms with E-state index >= 15 is 0 Å². The van der Waals surface area contributed by atoms with Crippen molar-refractivity contribution in [3.63, 3.8) is 0 Å². The SMILES string of the molecule is CCS(=O)(=O)N1CC2CN(C)CC2C1. The molecular formula is C9H18N2O2S. The van der Waals surface area contributed by atoms with Crippen LogP contribution >= 0.6 is 0 Å². The fourth-order valence-corrected chi connectivity index (χ4v) is 3.80. The molecule has 2 aliphatic rings. The summed E-state index contributed by atoms with van der Waals surface area (Å²) in [5.74, 6) is 1.38. The number of sulfonamides is 1. The van der Waals surface area contributed by atoms with Gasteiger partial charge in [0.2, 0.25) is 10.0 Å². The maximum Gasteiger partial charge on any atom is 0.213 e. The van der Waals surface area contributed by atoms with Crippen molar-refractivity contribution in [2.24, 2.45) is 11.8 Å². The summed E-state index contributed by atoms with van der Waals surface area (Å²) in [7, 11) is -0.835. The average Bonchev–Trinajstić information content (AvgIpc) is 2.61. The molecule has 2 unspecified atom stereocenters. The number of rotatable bonds is 2. The highest BCUT2D eigenvalue weighted by atomic mass is 32.2. The Morgan fingerprint density at radius 1 is 1.14 bits per heavy atom. The van der Waals surface area contributed by atoms with Crippen LogP contribution in [0, 0.1) is 11.8 Å². The van der Waals surface area contributed by atoms with Crippen LogP contribution < -0.4 is 0 Å². The van der Waals surface area contributed by atoms with Crippen molar-refractivity contribution in [3.8, 4) is 0 Å². The Bertz CT molecular complexity index is 301. The summed E-state index contributed by atoms with van der Waals surface area (Å²) in [6.45, 7) is 5.31. The molecule has 0 aromatic rings. The van der Waals surface area contributed by atoms with Gasteiger partial charge in [-0.1, -0.05) is 0 Å². The summed E-state index contributed by atoms with van der Waals surface area (Å²) in [5, 5.41) is 0. The number of hydrogen-bond acceptors (Lipinski definition) is 3. The highest BCUT2D eigenvalue weighted by molar-refractivity contribution is 7.89. The third-order valence-electron chi connectivity index (χ3n) is 3.39. The molecule has 0 bridgehead atoms. The molecular weight excluding hydrogens is 200 g/mol. The van der Waals surface area contributed by atoms with Gasteiger partial charge in [-0.05, 0) is 25.8 Å². The van der Waals surface area contributed by atoms with Gasteiger partial charge in [-0.25, -0.2) is 12.7 Å².